The molecule has 1 aromatic rings. The average Bonchev–Trinajstić information content (AvgIpc) is 2.60. The summed E-state index contributed by atoms with van der Waals surface area (Å²) in [4.78, 5) is 22.1. The van der Waals surface area contributed by atoms with Crippen molar-refractivity contribution >= 4 is 11.9 Å². The highest BCUT2D eigenvalue weighted by atomic mass is 16.3. The summed E-state index contributed by atoms with van der Waals surface area (Å²) in [5.74, 6) is 2.13. The van der Waals surface area contributed by atoms with E-state index in [0.717, 1.165) is 50.6 Å². The zero-order valence-corrected chi connectivity index (χ0v) is 16.2. The molecule has 0 saturated heterocycles. The van der Waals surface area contributed by atoms with Crippen molar-refractivity contribution in [2.75, 3.05) is 18.5 Å². The molecule has 5 aliphatic rings. The highest BCUT2D eigenvalue weighted by molar-refractivity contribution is 5.95. The average molecular weight is 386 g/mol. The van der Waals surface area contributed by atoms with Crippen LogP contribution in [0.4, 0.5) is 5.95 Å². The first-order valence-electron chi connectivity index (χ1n) is 10.8. The van der Waals surface area contributed by atoms with Crippen molar-refractivity contribution in [3.63, 3.8) is 0 Å². The molecule has 7 heteroatoms. The van der Waals surface area contributed by atoms with Crippen LogP contribution in [0.2, 0.25) is 0 Å². The summed E-state index contributed by atoms with van der Waals surface area (Å²) < 4.78 is 0. The van der Waals surface area contributed by atoms with Gasteiger partial charge >= 0.3 is 0 Å². The maximum atomic E-state index is 13.2. The highest BCUT2D eigenvalue weighted by Gasteiger charge is 2.55. The van der Waals surface area contributed by atoms with E-state index in [9.17, 15) is 9.90 Å². The smallest absolute Gasteiger partial charge is 0.254 e. The van der Waals surface area contributed by atoms with Crippen LogP contribution < -0.4 is 10.6 Å². The van der Waals surface area contributed by atoms with Crippen LogP contribution in [0.1, 0.15) is 73.3 Å². The molecule has 1 heterocycles. The van der Waals surface area contributed by atoms with Gasteiger partial charge in [-0.15, -0.1) is 0 Å². The molecule has 5 fully saturated rings. The van der Waals surface area contributed by atoms with E-state index >= 15 is 0 Å². The SMILES string of the molecule is O=C(NC1C2CC3CC1CC(O)(C3)C2)c1cnc(NCCO)nc1C1CCC1. The fraction of sp³-hybridized carbons (Fsp3) is 0.762. The number of rotatable bonds is 6. The summed E-state index contributed by atoms with van der Waals surface area (Å²) in [7, 11) is 0. The second-order valence-corrected chi connectivity index (χ2v) is 9.46. The number of aliphatic hydroxyl groups is 2. The predicted octanol–water partition coefficient (Wildman–Crippen LogP) is 1.82. The molecule has 7 nitrogen and oxygen atoms in total. The molecule has 4 N–H and O–H groups in total. The third-order valence-electron chi connectivity index (χ3n) is 7.49. The van der Waals surface area contributed by atoms with Gasteiger partial charge in [0.1, 0.15) is 0 Å². The number of hydrogen-bond donors (Lipinski definition) is 4. The minimum Gasteiger partial charge on any atom is -0.395 e. The van der Waals surface area contributed by atoms with Gasteiger partial charge in [-0.1, -0.05) is 6.42 Å². The number of nitrogens with zero attached hydrogens (tertiary/aromatic N) is 2. The Kier molecular flexibility index (Phi) is 4.55. The lowest BCUT2D eigenvalue weighted by atomic mass is 9.52. The van der Waals surface area contributed by atoms with Crippen molar-refractivity contribution in [1.82, 2.24) is 15.3 Å². The van der Waals surface area contributed by atoms with Gasteiger partial charge < -0.3 is 20.8 Å². The lowest BCUT2D eigenvalue weighted by Gasteiger charge is -2.58. The molecule has 1 aromatic heterocycles. The molecule has 2 unspecified atom stereocenters. The Hall–Kier alpha value is -1.73. The van der Waals surface area contributed by atoms with E-state index in [1.807, 2.05) is 0 Å². The Balaban J connectivity index is 1.35. The number of nitrogens with one attached hydrogen (secondary N) is 2. The van der Waals surface area contributed by atoms with Crippen molar-refractivity contribution in [2.24, 2.45) is 17.8 Å². The lowest BCUT2D eigenvalue weighted by molar-refractivity contribution is -0.136. The molecule has 6 rings (SSSR count). The van der Waals surface area contributed by atoms with Gasteiger partial charge in [-0.25, -0.2) is 9.97 Å². The van der Waals surface area contributed by atoms with Gasteiger partial charge in [0.05, 0.1) is 23.5 Å². The summed E-state index contributed by atoms with van der Waals surface area (Å²) in [5, 5.41) is 26.1. The van der Waals surface area contributed by atoms with Gasteiger partial charge in [0.2, 0.25) is 5.95 Å². The van der Waals surface area contributed by atoms with E-state index < -0.39 is 5.60 Å². The molecule has 2 atom stereocenters. The molecule has 0 aromatic carbocycles. The Labute approximate surface area is 165 Å². The van der Waals surface area contributed by atoms with Gasteiger partial charge in [-0.05, 0) is 62.7 Å². The first-order valence-corrected chi connectivity index (χ1v) is 10.8. The Bertz CT molecular complexity index is 750. The Morgan fingerprint density at radius 1 is 1.21 bits per heavy atom. The zero-order valence-electron chi connectivity index (χ0n) is 16.2. The van der Waals surface area contributed by atoms with Crippen molar-refractivity contribution in [3.05, 3.63) is 17.5 Å². The number of amides is 1. The standard InChI is InChI=1S/C21H30N4O3/c26-5-4-22-20-23-11-16(18(25-20)13-2-1-3-13)19(27)24-17-14-6-12-7-15(17)10-21(28,8-12)9-14/h11-15,17,26,28H,1-10H2,(H,24,27)(H,22,23,25). The first kappa shape index (κ1) is 18.3. The fourth-order valence-electron chi connectivity index (χ4n) is 6.26. The number of aromatic nitrogens is 2. The normalized spacial score (nSPS) is 36.2. The molecule has 0 radical (unpaired) electrons. The molecule has 5 aliphatic carbocycles. The summed E-state index contributed by atoms with van der Waals surface area (Å²) >= 11 is 0. The molecule has 1 amide bonds. The number of aliphatic hydroxyl groups excluding tert-OH is 1. The van der Waals surface area contributed by atoms with Gasteiger partial charge in [-0.2, -0.15) is 0 Å². The molecule has 0 aliphatic heterocycles. The van der Waals surface area contributed by atoms with E-state index in [0.29, 0.717) is 41.7 Å². The van der Waals surface area contributed by atoms with Crippen LogP contribution in [-0.4, -0.2) is 50.9 Å². The maximum absolute atomic E-state index is 13.2. The van der Waals surface area contributed by atoms with E-state index in [4.69, 9.17) is 5.11 Å². The quantitative estimate of drug-likeness (QED) is 0.594. The highest BCUT2D eigenvalue weighted by Crippen LogP contribution is 2.55. The second-order valence-electron chi connectivity index (χ2n) is 9.46. The van der Waals surface area contributed by atoms with Crippen molar-refractivity contribution in [3.8, 4) is 0 Å². The molecule has 4 bridgehead atoms. The summed E-state index contributed by atoms with van der Waals surface area (Å²) in [6.07, 6.45) is 9.76. The second kappa shape index (κ2) is 6.95. The first-order chi connectivity index (χ1) is 13.5. The van der Waals surface area contributed by atoms with Crippen LogP contribution in [0.3, 0.4) is 0 Å². The number of hydrogen-bond acceptors (Lipinski definition) is 6. The zero-order chi connectivity index (χ0) is 19.3. The summed E-state index contributed by atoms with van der Waals surface area (Å²) in [6.45, 7) is 0.410. The van der Waals surface area contributed by atoms with Gasteiger partial charge in [0, 0.05) is 24.7 Å². The molecule has 5 saturated carbocycles. The van der Waals surface area contributed by atoms with Gasteiger partial charge in [0.15, 0.2) is 0 Å². The summed E-state index contributed by atoms with van der Waals surface area (Å²) in [5.41, 5.74) is 0.936. The monoisotopic (exact) mass is 386 g/mol. The Morgan fingerprint density at radius 3 is 2.57 bits per heavy atom. The van der Waals surface area contributed by atoms with Crippen molar-refractivity contribution < 1.29 is 15.0 Å². The summed E-state index contributed by atoms with van der Waals surface area (Å²) in [6, 6.07) is 0.158. The molecular formula is C21H30N4O3. The minimum absolute atomic E-state index is 0.0160. The fourth-order valence-corrected chi connectivity index (χ4v) is 6.26. The molecule has 152 valence electrons. The van der Waals surface area contributed by atoms with Crippen LogP contribution in [0.25, 0.3) is 0 Å². The van der Waals surface area contributed by atoms with Crippen LogP contribution >= 0.6 is 0 Å². The predicted molar refractivity (Wildman–Crippen MR) is 104 cm³/mol. The number of carbonyl (C=O) groups excluding carboxylic acids is 1. The van der Waals surface area contributed by atoms with E-state index in [1.165, 1.54) is 6.42 Å². The third kappa shape index (κ3) is 3.18. The molecular weight excluding hydrogens is 356 g/mol. The minimum atomic E-state index is -0.488. The molecule has 28 heavy (non-hydrogen) atoms. The van der Waals surface area contributed by atoms with Crippen molar-refractivity contribution in [1.29, 1.82) is 0 Å². The Morgan fingerprint density at radius 2 is 1.96 bits per heavy atom. The van der Waals surface area contributed by atoms with E-state index in [1.54, 1.807) is 6.20 Å². The van der Waals surface area contributed by atoms with E-state index in [-0.39, 0.29) is 18.6 Å². The largest absolute Gasteiger partial charge is 0.395 e. The van der Waals surface area contributed by atoms with Crippen molar-refractivity contribution in [2.45, 2.75) is 68.9 Å². The maximum Gasteiger partial charge on any atom is 0.254 e. The van der Waals surface area contributed by atoms with Crippen LogP contribution in [0.5, 0.6) is 0 Å². The van der Waals surface area contributed by atoms with Gasteiger partial charge in [-0.3, -0.25) is 4.79 Å². The van der Waals surface area contributed by atoms with Crippen LogP contribution in [0.15, 0.2) is 6.20 Å². The van der Waals surface area contributed by atoms with Crippen LogP contribution in [-0.2, 0) is 0 Å². The van der Waals surface area contributed by atoms with Crippen LogP contribution in [0, 0.1) is 17.8 Å². The number of carbonyl (C=O) groups is 1. The number of anilines is 1. The third-order valence-corrected chi connectivity index (χ3v) is 7.49. The topological polar surface area (TPSA) is 107 Å². The lowest BCUT2D eigenvalue weighted by Crippen LogP contribution is -2.61. The van der Waals surface area contributed by atoms with Gasteiger partial charge in [0.25, 0.3) is 5.91 Å². The molecule has 0 spiro atoms. The van der Waals surface area contributed by atoms with E-state index in [2.05, 4.69) is 20.6 Å².